The maximum Gasteiger partial charge on any atom is 0.490 e. The van der Waals surface area contributed by atoms with Crippen LogP contribution in [0.15, 0.2) is 35.4 Å². The molecule has 0 spiro atoms. The quantitative estimate of drug-likeness (QED) is 0.211. The Morgan fingerprint density at radius 3 is 2.60 bits per heavy atom. The molecule has 0 atom stereocenters. The number of sulfonamides is 1. The van der Waals surface area contributed by atoms with Crippen LogP contribution in [0.5, 0.6) is 5.75 Å². The summed E-state index contributed by atoms with van der Waals surface area (Å²) in [5, 5.41) is 4.00. The lowest BCUT2D eigenvalue weighted by atomic mass is 9.96. The second-order valence-electron chi connectivity index (χ2n) is 9.13. The first-order valence-electron chi connectivity index (χ1n) is 12.2. The van der Waals surface area contributed by atoms with Crippen molar-refractivity contribution in [3.05, 3.63) is 46.9 Å². The minimum Gasteiger partial charge on any atom is -0.495 e. The van der Waals surface area contributed by atoms with Crippen molar-refractivity contribution < 1.29 is 35.9 Å². The molecule has 2 aromatic heterocycles. The Bertz CT molecular complexity index is 1490. The van der Waals surface area contributed by atoms with Crippen LogP contribution < -0.4 is 14.8 Å². The minimum atomic E-state index is -5.19. The molecule has 3 aromatic rings. The molecule has 0 unspecified atom stereocenters. The number of carbonyl (C=O) groups excluding carboxylic acids is 1. The molecular weight excluding hydrogens is 593 g/mol. The molecule has 0 aliphatic heterocycles. The smallest absolute Gasteiger partial charge is 0.490 e. The van der Waals surface area contributed by atoms with E-state index in [9.17, 15) is 26.4 Å². The highest BCUT2D eigenvalue weighted by Gasteiger charge is 2.41. The van der Waals surface area contributed by atoms with Crippen molar-refractivity contribution in [2.24, 2.45) is 0 Å². The number of nitrogens with zero attached hydrogens (tertiary/aromatic N) is 2. The van der Waals surface area contributed by atoms with Crippen LogP contribution in [0.1, 0.15) is 43.4 Å². The SMILES string of the molecule is COc1ccc(-c2sc(NC3CCCCC3)nc2C)cc1S(=O)(=O)Nc1cnc(Cl)c(COC(=O)C(F)(F)F)c1. The van der Waals surface area contributed by atoms with Gasteiger partial charge in [-0.25, -0.2) is 23.2 Å². The number of nitrogens with one attached hydrogen (secondary N) is 2. The van der Waals surface area contributed by atoms with Gasteiger partial charge in [-0.15, -0.1) is 0 Å². The topological polar surface area (TPSA) is 120 Å². The van der Waals surface area contributed by atoms with Crippen molar-refractivity contribution in [1.29, 1.82) is 0 Å². The van der Waals surface area contributed by atoms with E-state index >= 15 is 0 Å². The number of esters is 1. The first kappa shape index (κ1) is 29.9. The summed E-state index contributed by atoms with van der Waals surface area (Å²) in [5.74, 6) is -2.34. The van der Waals surface area contributed by atoms with E-state index in [-0.39, 0.29) is 27.0 Å². The van der Waals surface area contributed by atoms with Crippen LogP contribution in [-0.2, 0) is 26.2 Å². The summed E-state index contributed by atoms with van der Waals surface area (Å²) in [6.07, 6.45) is 1.63. The number of thiazole rings is 1. The van der Waals surface area contributed by atoms with Crippen LogP contribution in [-0.4, -0.2) is 43.7 Å². The standard InChI is InChI=1S/C25H26ClF3N4O5S2/c1-14-21(39-24(31-14)32-17-6-4-3-5-7-17)15-8-9-19(37-2)20(11-15)40(35,36)33-18-10-16(22(26)30-12-18)13-38-23(34)25(27,28)29/h8-12,17,33H,3-7,13H2,1-2H3,(H,31,32). The zero-order valence-electron chi connectivity index (χ0n) is 21.5. The molecule has 1 aromatic carbocycles. The Morgan fingerprint density at radius 1 is 1.20 bits per heavy atom. The Morgan fingerprint density at radius 2 is 1.93 bits per heavy atom. The van der Waals surface area contributed by atoms with Gasteiger partial charge in [-0.2, -0.15) is 13.2 Å². The summed E-state index contributed by atoms with van der Waals surface area (Å²) in [6, 6.07) is 6.21. The molecule has 0 saturated heterocycles. The molecule has 216 valence electrons. The van der Waals surface area contributed by atoms with E-state index in [2.05, 4.69) is 24.7 Å². The third-order valence-corrected chi connectivity index (χ3v) is 9.08. The third-order valence-electron chi connectivity index (χ3n) is 6.20. The number of methoxy groups -OCH3 is 1. The van der Waals surface area contributed by atoms with E-state index in [1.54, 1.807) is 6.07 Å². The van der Waals surface area contributed by atoms with Crippen LogP contribution in [0.3, 0.4) is 0 Å². The van der Waals surface area contributed by atoms with Crippen LogP contribution in [0.2, 0.25) is 5.15 Å². The highest BCUT2D eigenvalue weighted by atomic mass is 35.5. The van der Waals surface area contributed by atoms with Crippen LogP contribution in [0.25, 0.3) is 10.4 Å². The normalized spacial score (nSPS) is 14.6. The lowest BCUT2D eigenvalue weighted by Gasteiger charge is -2.22. The molecule has 0 amide bonds. The van der Waals surface area contributed by atoms with Gasteiger partial charge >= 0.3 is 12.1 Å². The fourth-order valence-electron chi connectivity index (χ4n) is 4.26. The molecule has 1 aliphatic carbocycles. The van der Waals surface area contributed by atoms with Gasteiger partial charge in [-0.3, -0.25) is 4.72 Å². The zero-order chi connectivity index (χ0) is 29.1. The Labute approximate surface area is 238 Å². The molecule has 2 N–H and O–H groups in total. The minimum absolute atomic E-state index is 0.0697. The van der Waals surface area contributed by atoms with Crippen molar-refractivity contribution in [2.45, 2.75) is 62.7 Å². The molecule has 2 heterocycles. The molecule has 4 rings (SSSR count). The first-order chi connectivity index (χ1) is 18.9. The summed E-state index contributed by atoms with van der Waals surface area (Å²) in [7, 11) is -2.95. The average Bonchev–Trinajstić information content (AvgIpc) is 3.27. The van der Waals surface area contributed by atoms with Gasteiger partial charge in [-0.05, 0) is 49.6 Å². The Hall–Kier alpha value is -3.10. The molecular formula is C25H26ClF3N4O5S2. The van der Waals surface area contributed by atoms with Crippen molar-refractivity contribution in [1.82, 2.24) is 9.97 Å². The lowest BCUT2D eigenvalue weighted by molar-refractivity contribution is -0.201. The van der Waals surface area contributed by atoms with Gasteiger partial charge in [0.15, 0.2) is 5.13 Å². The van der Waals surface area contributed by atoms with Gasteiger partial charge in [0, 0.05) is 11.6 Å². The predicted octanol–water partition coefficient (Wildman–Crippen LogP) is 6.33. The van der Waals surface area contributed by atoms with Crippen molar-refractivity contribution >= 4 is 49.7 Å². The number of aryl methyl sites for hydroxylation is 1. The van der Waals surface area contributed by atoms with Gasteiger partial charge in [-0.1, -0.05) is 42.2 Å². The number of carbonyl (C=O) groups is 1. The van der Waals surface area contributed by atoms with Gasteiger partial charge < -0.3 is 14.8 Å². The number of rotatable bonds is 9. The van der Waals surface area contributed by atoms with Gasteiger partial charge in [0.25, 0.3) is 10.0 Å². The number of alkyl halides is 3. The summed E-state index contributed by atoms with van der Waals surface area (Å²) in [4.78, 5) is 20.1. The summed E-state index contributed by atoms with van der Waals surface area (Å²) >= 11 is 7.34. The van der Waals surface area contributed by atoms with Gasteiger partial charge in [0.2, 0.25) is 0 Å². The average molecular weight is 619 g/mol. The highest BCUT2D eigenvalue weighted by Crippen LogP contribution is 2.38. The maximum absolute atomic E-state index is 13.4. The number of pyridine rings is 1. The van der Waals surface area contributed by atoms with E-state index in [0.29, 0.717) is 11.6 Å². The van der Waals surface area contributed by atoms with Crippen LogP contribution in [0, 0.1) is 6.92 Å². The number of hydrogen-bond donors (Lipinski definition) is 2. The maximum atomic E-state index is 13.4. The highest BCUT2D eigenvalue weighted by molar-refractivity contribution is 7.92. The van der Waals surface area contributed by atoms with E-state index < -0.39 is 28.8 Å². The van der Waals surface area contributed by atoms with E-state index in [1.165, 1.54) is 49.8 Å². The van der Waals surface area contributed by atoms with Crippen LogP contribution in [0.4, 0.5) is 24.0 Å². The van der Waals surface area contributed by atoms with Crippen molar-refractivity contribution in [3.8, 4) is 16.2 Å². The van der Waals surface area contributed by atoms with E-state index in [4.69, 9.17) is 16.3 Å². The van der Waals surface area contributed by atoms with E-state index in [1.807, 2.05) is 6.92 Å². The second-order valence-corrected chi connectivity index (χ2v) is 12.1. The number of halogens is 4. The summed E-state index contributed by atoms with van der Waals surface area (Å²) < 4.78 is 76.0. The largest absolute Gasteiger partial charge is 0.495 e. The molecule has 1 aliphatic rings. The Balaban J connectivity index is 1.58. The number of hydrogen-bond acceptors (Lipinski definition) is 9. The van der Waals surface area contributed by atoms with Crippen molar-refractivity contribution in [2.75, 3.05) is 17.1 Å². The number of anilines is 2. The molecule has 0 radical (unpaired) electrons. The third kappa shape index (κ3) is 7.15. The van der Waals surface area contributed by atoms with Gasteiger partial charge in [0.05, 0.1) is 29.6 Å². The van der Waals surface area contributed by atoms with Gasteiger partial charge in [0.1, 0.15) is 22.4 Å². The summed E-state index contributed by atoms with van der Waals surface area (Å²) in [5.41, 5.74) is 1.12. The van der Waals surface area contributed by atoms with E-state index in [0.717, 1.165) is 40.8 Å². The van der Waals surface area contributed by atoms with Crippen molar-refractivity contribution in [3.63, 3.8) is 0 Å². The predicted molar refractivity (Wildman–Crippen MR) is 145 cm³/mol. The summed E-state index contributed by atoms with van der Waals surface area (Å²) in [6.45, 7) is 0.988. The molecule has 40 heavy (non-hydrogen) atoms. The number of ether oxygens (including phenoxy) is 2. The molecule has 0 bridgehead atoms. The molecule has 9 nitrogen and oxygen atoms in total. The monoisotopic (exact) mass is 618 g/mol. The molecule has 15 heteroatoms. The molecule has 1 fully saturated rings. The number of benzene rings is 1. The zero-order valence-corrected chi connectivity index (χ0v) is 23.9. The fraction of sp³-hybridized carbons (Fsp3) is 0.400. The first-order valence-corrected chi connectivity index (χ1v) is 14.9. The van der Waals surface area contributed by atoms with Crippen LogP contribution >= 0.6 is 22.9 Å². The number of aromatic nitrogens is 2. The Kier molecular flexibility index (Phi) is 9.10. The lowest BCUT2D eigenvalue weighted by Crippen LogP contribution is -2.25. The fourth-order valence-corrected chi connectivity index (χ4v) is 6.69. The molecule has 1 saturated carbocycles. The second kappa shape index (κ2) is 12.2.